The quantitative estimate of drug-likeness (QED) is 0.888. The van der Waals surface area contributed by atoms with Gasteiger partial charge in [-0.1, -0.05) is 17.7 Å². The van der Waals surface area contributed by atoms with Crippen molar-refractivity contribution < 1.29 is 5.11 Å². The minimum absolute atomic E-state index is 0.223. The van der Waals surface area contributed by atoms with E-state index in [1.807, 2.05) is 19.1 Å². The third kappa shape index (κ3) is 1.99. The molecule has 0 unspecified atom stereocenters. The average molecular weight is 303 g/mol. The lowest BCUT2D eigenvalue weighted by atomic mass is 10.1. The van der Waals surface area contributed by atoms with E-state index < -0.39 is 0 Å². The van der Waals surface area contributed by atoms with Crippen LogP contribution in [0.4, 0.5) is 0 Å². The molecule has 16 heavy (non-hydrogen) atoms. The summed E-state index contributed by atoms with van der Waals surface area (Å²) < 4.78 is 0.907. The van der Waals surface area contributed by atoms with Crippen LogP contribution in [0.3, 0.4) is 0 Å². The fraction of sp³-hybridized carbons (Fsp3) is 0.333. The topological polar surface area (TPSA) is 36.0 Å². The van der Waals surface area contributed by atoms with Crippen molar-refractivity contribution in [2.45, 2.75) is 19.8 Å². The first-order chi connectivity index (χ1) is 7.65. The second-order valence-corrected chi connectivity index (χ2v) is 5.04. The zero-order valence-corrected chi connectivity index (χ0v) is 11.3. The first-order valence-corrected chi connectivity index (χ1v) is 6.38. The number of aliphatic hydroxyl groups excluding tert-OH is 1. The molecule has 0 bridgehead atoms. The monoisotopic (exact) mass is 301 g/mol. The maximum absolute atomic E-state index is 8.89. The standard InChI is InChI=1S/C12H13BrClNO/c1-7-8(3-2-6-16)9-4-5-10(14)11(13)12(9)15-7/h4-5,15-16H,2-3,6H2,1H3. The molecule has 2 nitrogen and oxygen atoms in total. The molecule has 0 amide bonds. The smallest absolute Gasteiger partial charge is 0.0618 e. The van der Waals surface area contributed by atoms with E-state index in [-0.39, 0.29) is 6.61 Å². The van der Waals surface area contributed by atoms with E-state index in [0.29, 0.717) is 5.02 Å². The summed E-state index contributed by atoms with van der Waals surface area (Å²) in [7, 11) is 0. The fourth-order valence-electron chi connectivity index (χ4n) is 1.97. The predicted octanol–water partition coefficient (Wildman–Crippen LogP) is 3.82. The molecule has 1 aromatic heterocycles. The Labute approximate surface area is 108 Å². The number of halogens is 2. The first kappa shape index (κ1) is 12.0. The van der Waals surface area contributed by atoms with Gasteiger partial charge in [0.15, 0.2) is 0 Å². The SMILES string of the molecule is Cc1[nH]c2c(Br)c(Cl)ccc2c1CCCO. The van der Waals surface area contributed by atoms with E-state index in [1.54, 1.807) is 0 Å². The number of aromatic nitrogens is 1. The number of benzene rings is 1. The van der Waals surface area contributed by atoms with E-state index in [4.69, 9.17) is 16.7 Å². The molecule has 4 heteroatoms. The van der Waals surface area contributed by atoms with E-state index in [1.165, 1.54) is 10.9 Å². The Balaban J connectivity index is 2.58. The Bertz CT molecular complexity index is 521. The zero-order chi connectivity index (χ0) is 11.7. The first-order valence-electron chi connectivity index (χ1n) is 5.21. The molecule has 2 N–H and O–H groups in total. The van der Waals surface area contributed by atoms with Crippen molar-refractivity contribution in [3.05, 3.63) is 32.9 Å². The summed E-state index contributed by atoms with van der Waals surface area (Å²) in [5, 5.41) is 10.8. The molecule has 0 spiro atoms. The number of hydrogen-bond donors (Lipinski definition) is 2. The van der Waals surface area contributed by atoms with Crippen molar-refractivity contribution >= 4 is 38.4 Å². The molecule has 2 aromatic rings. The summed E-state index contributed by atoms with van der Waals surface area (Å²) in [5.41, 5.74) is 3.45. The molecule has 0 aliphatic rings. The number of nitrogens with one attached hydrogen (secondary N) is 1. The summed E-state index contributed by atoms with van der Waals surface area (Å²) in [6, 6.07) is 3.92. The van der Waals surface area contributed by atoms with Gasteiger partial charge in [-0.15, -0.1) is 0 Å². The molecule has 0 radical (unpaired) electrons. The molecular weight excluding hydrogens is 289 g/mol. The van der Waals surface area contributed by atoms with Crippen LogP contribution in [0.15, 0.2) is 16.6 Å². The van der Waals surface area contributed by atoms with Crippen LogP contribution in [-0.2, 0) is 6.42 Å². The molecular formula is C12H13BrClNO. The molecule has 0 saturated carbocycles. The highest BCUT2D eigenvalue weighted by Gasteiger charge is 2.11. The second kappa shape index (κ2) is 4.78. The number of rotatable bonds is 3. The van der Waals surface area contributed by atoms with Gasteiger partial charge in [0.1, 0.15) is 0 Å². The van der Waals surface area contributed by atoms with Crippen molar-refractivity contribution in [1.29, 1.82) is 0 Å². The van der Waals surface area contributed by atoms with E-state index in [2.05, 4.69) is 20.9 Å². The molecule has 1 heterocycles. The Hall–Kier alpha value is -0.510. The van der Waals surface area contributed by atoms with Crippen LogP contribution in [0.25, 0.3) is 10.9 Å². The zero-order valence-electron chi connectivity index (χ0n) is 8.98. The lowest BCUT2D eigenvalue weighted by molar-refractivity contribution is 0.288. The summed E-state index contributed by atoms with van der Waals surface area (Å²) in [5.74, 6) is 0. The van der Waals surface area contributed by atoms with Crippen LogP contribution < -0.4 is 0 Å². The number of fused-ring (bicyclic) bond motifs is 1. The van der Waals surface area contributed by atoms with Crippen LogP contribution >= 0.6 is 27.5 Å². The fourth-order valence-corrected chi connectivity index (χ4v) is 2.57. The molecule has 0 saturated heterocycles. The van der Waals surface area contributed by atoms with Gasteiger partial charge < -0.3 is 10.1 Å². The van der Waals surface area contributed by atoms with Crippen LogP contribution in [0.5, 0.6) is 0 Å². The highest BCUT2D eigenvalue weighted by molar-refractivity contribution is 9.10. The molecule has 0 aliphatic carbocycles. The minimum atomic E-state index is 0.223. The number of H-pyrrole nitrogens is 1. The third-order valence-corrected chi connectivity index (χ3v) is 4.14. The Morgan fingerprint density at radius 1 is 1.44 bits per heavy atom. The molecule has 2 rings (SSSR count). The van der Waals surface area contributed by atoms with Gasteiger partial charge in [-0.05, 0) is 47.3 Å². The summed E-state index contributed by atoms with van der Waals surface area (Å²) in [6.45, 7) is 2.27. The van der Waals surface area contributed by atoms with Gasteiger partial charge >= 0.3 is 0 Å². The Morgan fingerprint density at radius 2 is 2.19 bits per heavy atom. The Morgan fingerprint density at radius 3 is 2.88 bits per heavy atom. The molecule has 0 aliphatic heterocycles. The average Bonchev–Trinajstić information content (AvgIpc) is 2.58. The third-order valence-electron chi connectivity index (χ3n) is 2.77. The van der Waals surface area contributed by atoms with E-state index in [0.717, 1.165) is 28.5 Å². The maximum Gasteiger partial charge on any atom is 0.0618 e. The maximum atomic E-state index is 8.89. The van der Waals surface area contributed by atoms with Gasteiger partial charge in [0.25, 0.3) is 0 Å². The van der Waals surface area contributed by atoms with Crippen LogP contribution in [0.2, 0.25) is 5.02 Å². The summed E-state index contributed by atoms with van der Waals surface area (Å²) in [4.78, 5) is 3.33. The lowest BCUT2D eigenvalue weighted by Gasteiger charge is -2.00. The molecule has 86 valence electrons. The van der Waals surface area contributed by atoms with Crippen molar-refractivity contribution in [1.82, 2.24) is 4.98 Å². The van der Waals surface area contributed by atoms with Gasteiger partial charge in [-0.25, -0.2) is 0 Å². The minimum Gasteiger partial charge on any atom is -0.396 e. The summed E-state index contributed by atoms with van der Waals surface area (Å²) >= 11 is 9.53. The molecule has 1 aromatic carbocycles. The normalized spacial score (nSPS) is 11.2. The summed E-state index contributed by atoms with van der Waals surface area (Å²) in [6.07, 6.45) is 1.67. The van der Waals surface area contributed by atoms with Gasteiger partial charge in [0, 0.05) is 17.7 Å². The lowest BCUT2D eigenvalue weighted by Crippen LogP contribution is -1.90. The van der Waals surface area contributed by atoms with Crippen molar-refractivity contribution in [3.8, 4) is 0 Å². The van der Waals surface area contributed by atoms with Crippen molar-refractivity contribution in [3.63, 3.8) is 0 Å². The number of hydrogen-bond acceptors (Lipinski definition) is 1. The van der Waals surface area contributed by atoms with Crippen LogP contribution in [0, 0.1) is 6.92 Å². The number of aryl methyl sites for hydroxylation is 2. The van der Waals surface area contributed by atoms with Gasteiger partial charge in [0.2, 0.25) is 0 Å². The van der Waals surface area contributed by atoms with Gasteiger partial charge in [0.05, 0.1) is 15.0 Å². The van der Waals surface area contributed by atoms with Gasteiger partial charge in [-0.3, -0.25) is 0 Å². The van der Waals surface area contributed by atoms with E-state index in [9.17, 15) is 0 Å². The number of aliphatic hydroxyl groups is 1. The highest BCUT2D eigenvalue weighted by Crippen LogP contribution is 2.33. The van der Waals surface area contributed by atoms with Gasteiger partial charge in [-0.2, -0.15) is 0 Å². The molecule has 0 fully saturated rings. The molecule has 0 atom stereocenters. The predicted molar refractivity (Wildman–Crippen MR) is 71.2 cm³/mol. The highest BCUT2D eigenvalue weighted by atomic mass is 79.9. The largest absolute Gasteiger partial charge is 0.396 e. The van der Waals surface area contributed by atoms with Crippen LogP contribution in [0.1, 0.15) is 17.7 Å². The second-order valence-electron chi connectivity index (χ2n) is 3.84. The van der Waals surface area contributed by atoms with Crippen molar-refractivity contribution in [2.24, 2.45) is 0 Å². The Kier molecular flexibility index (Phi) is 3.57. The van der Waals surface area contributed by atoms with Crippen molar-refractivity contribution in [2.75, 3.05) is 6.61 Å². The van der Waals surface area contributed by atoms with E-state index >= 15 is 0 Å². The number of aromatic amines is 1. The van der Waals surface area contributed by atoms with Crippen LogP contribution in [-0.4, -0.2) is 16.7 Å².